The molecule has 3 aromatic heterocycles. The standard InChI is InChI=1S/C23H23N7/c1-14-10-29(11-15(2)26-14)20-4-5-21-18(7-20)9-25-22(28-21)19-6-17(8-24)23-27-16(3)12-30(23)13-19/h4-7,9,12-15,26H,10-11H2,1-3H3/t14-,15-/m0/s1. The van der Waals surface area contributed by atoms with Crippen LogP contribution in [-0.2, 0) is 0 Å². The molecule has 0 amide bonds. The number of benzene rings is 1. The Kier molecular flexibility index (Phi) is 4.37. The normalized spacial score (nSPS) is 19.3. The van der Waals surface area contributed by atoms with E-state index in [1.165, 1.54) is 5.69 Å². The van der Waals surface area contributed by atoms with Gasteiger partial charge >= 0.3 is 0 Å². The average molecular weight is 397 g/mol. The lowest BCUT2D eigenvalue weighted by Gasteiger charge is -2.37. The van der Waals surface area contributed by atoms with Crippen molar-refractivity contribution < 1.29 is 0 Å². The number of nitrogens with zero attached hydrogens (tertiary/aromatic N) is 6. The number of hydrogen-bond acceptors (Lipinski definition) is 6. The Morgan fingerprint density at radius 2 is 1.90 bits per heavy atom. The van der Waals surface area contributed by atoms with Crippen molar-refractivity contribution in [2.45, 2.75) is 32.9 Å². The van der Waals surface area contributed by atoms with E-state index in [0.717, 1.165) is 35.2 Å². The van der Waals surface area contributed by atoms with E-state index in [9.17, 15) is 5.26 Å². The SMILES string of the molecule is Cc1cn2cc(-c3ncc4cc(N5C[C@H](C)N[C@@H](C)C5)ccc4n3)cc(C#N)c2n1. The Labute approximate surface area is 175 Å². The van der Waals surface area contributed by atoms with E-state index in [-0.39, 0.29) is 0 Å². The van der Waals surface area contributed by atoms with Crippen molar-refractivity contribution in [3.63, 3.8) is 0 Å². The molecule has 0 bridgehead atoms. The molecule has 4 aromatic rings. The van der Waals surface area contributed by atoms with E-state index in [0.29, 0.717) is 29.1 Å². The van der Waals surface area contributed by atoms with Crippen LogP contribution in [0, 0.1) is 18.3 Å². The van der Waals surface area contributed by atoms with Crippen LogP contribution in [0.2, 0.25) is 0 Å². The molecule has 1 aliphatic rings. The smallest absolute Gasteiger partial charge is 0.161 e. The molecule has 1 aliphatic heterocycles. The number of aryl methyl sites for hydroxylation is 1. The van der Waals surface area contributed by atoms with Gasteiger partial charge < -0.3 is 14.6 Å². The number of aromatic nitrogens is 4. The highest BCUT2D eigenvalue weighted by atomic mass is 15.2. The van der Waals surface area contributed by atoms with Crippen LogP contribution in [0.4, 0.5) is 5.69 Å². The summed E-state index contributed by atoms with van der Waals surface area (Å²) in [5, 5.41) is 14.1. The lowest BCUT2D eigenvalue weighted by molar-refractivity contribution is 0.407. The Bertz CT molecular complexity index is 1290. The minimum absolute atomic E-state index is 0.458. The van der Waals surface area contributed by atoms with E-state index in [4.69, 9.17) is 4.98 Å². The van der Waals surface area contributed by atoms with Gasteiger partial charge in [0.05, 0.1) is 16.8 Å². The van der Waals surface area contributed by atoms with Crippen molar-refractivity contribution >= 4 is 22.2 Å². The molecule has 150 valence electrons. The Morgan fingerprint density at radius 1 is 1.10 bits per heavy atom. The third kappa shape index (κ3) is 3.25. The monoisotopic (exact) mass is 397 g/mol. The van der Waals surface area contributed by atoms with E-state index in [2.05, 4.69) is 58.3 Å². The predicted octanol–water partition coefficient (Wildman–Crippen LogP) is 3.31. The first kappa shape index (κ1) is 18.5. The van der Waals surface area contributed by atoms with Gasteiger partial charge in [0.2, 0.25) is 0 Å². The number of imidazole rings is 1. The maximum absolute atomic E-state index is 9.53. The molecule has 1 N–H and O–H groups in total. The van der Waals surface area contributed by atoms with Gasteiger partial charge in [-0.25, -0.2) is 15.0 Å². The second-order valence-corrected chi connectivity index (χ2v) is 8.18. The molecule has 0 saturated carbocycles. The lowest BCUT2D eigenvalue weighted by atomic mass is 10.1. The Morgan fingerprint density at radius 3 is 2.67 bits per heavy atom. The minimum Gasteiger partial charge on any atom is -0.368 e. The molecule has 4 heterocycles. The average Bonchev–Trinajstić information content (AvgIpc) is 3.11. The topological polar surface area (TPSA) is 82.1 Å². The van der Waals surface area contributed by atoms with E-state index in [1.807, 2.05) is 29.9 Å². The van der Waals surface area contributed by atoms with Gasteiger partial charge in [0.25, 0.3) is 0 Å². The Hall–Kier alpha value is -3.50. The number of rotatable bonds is 2. The molecular weight excluding hydrogens is 374 g/mol. The summed E-state index contributed by atoms with van der Waals surface area (Å²) >= 11 is 0. The van der Waals surface area contributed by atoms with Crippen molar-refractivity contribution in [1.82, 2.24) is 24.7 Å². The first-order chi connectivity index (χ1) is 14.5. The number of anilines is 1. The molecule has 0 unspecified atom stereocenters. The van der Waals surface area contributed by atoms with Crippen LogP contribution in [0.15, 0.2) is 42.9 Å². The van der Waals surface area contributed by atoms with Gasteiger partial charge in [-0.2, -0.15) is 5.26 Å². The fraction of sp³-hybridized carbons (Fsp3) is 0.304. The first-order valence-electron chi connectivity index (χ1n) is 10.2. The summed E-state index contributed by atoms with van der Waals surface area (Å²) in [6, 6.07) is 11.3. The molecule has 2 atom stereocenters. The van der Waals surface area contributed by atoms with Crippen LogP contribution >= 0.6 is 0 Å². The molecule has 0 spiro atoms. The van der Waals surface area contributed by atoms with Gasteiger partial charge in [-0.1, -0.05) is 0 Å². The van der Waals surface area contributed by atoms with E-state index < -0.39 is 0 Å². The number of nitrogens with one attached hydrogen (secondary N) is 1. The Balaban J connectivity index is 1.53. The highest BCUT2D eigenvalue weighted by Gasteiger charge is 2.21. The summed E-state index contributed by atoms with van der Waals surface area (Å²) < 4.78 is 1.87. The van der Waals surface area contributed by atoms with E-state index >= 15 is 0 Å². The second kappa shape index (κ2) is 7.08. The highest BCUT2D eigenvalue weighted by Crippen LogP contribution is 2.26. The van der Waals surface area contributed by atoms with Gasteiger partial charge in [0.1, 0.15) is 6.07 Å². The molecule has 7 nitrogen and oxygen atoms in total. The van der Waals surface area contributed by atoms with Crippen molar-refractivity contribution in [3.8, 4) is 17.5 Å². The number of fused-ring (bicyclic) bond motifs is 2. The van der Waals surface area contributed by atoms with Crippen LogP contribution in [0.25, 0.3) is 27.9 Å². The number of piperazine rings is 1. The molecule has 30 heavy (non-hydrogen) atoms. The number of hydrogen-bond donors (Lipinski definition) is 1. The summed E-state index contributed by atoms with van der Waals surface area (Å²) in [6.45, 7) is 8.31. The van der Waals surface area contributed by atoms with Crippen molar-refractivity contribution in [1.29, 1.82) is 5.26 Å². The minimum atomic E-state index is 0.458. The molecule has 0 aliphatic carbocycles. The van der Waals surface area contributed by atoms with Gasteiger partial charge in [-0.15, -0.1) is 0 Å². The number of nitriles is 1. The summed E-state index contributed by atoms with van der Waals surface area (Å²) in [4.78, 5) is 16.2. The quantitative estimate of drug-likeness (QED) is 0.559. The van der Waals surface area contributed by atoms with Gasteiger partial charge in [-0.3, -0.25) is 0 Å². The van der Waals surface area contributed by atoms with E-state index in [1.54, 1.807) is 6.07 Å². The maximum Gasteiger partial charge on any atom is 0.161 e. The zero-order chi connectivity index (χ0) is 20.8. The van der Waals surface area contributed by atoms with Gasteiger partial charge in [0, 0.05) is 60.4 Å². The highest BCUT2D eigenvalue weighted by molar-refractivity contribution is 5.83. The molecular formula is C23H23N7. The summed E-state index contributed by atoms with van der Waals surface area (Å²) in [6.07, 6.45) is 5.70. The molecule has 1 saturated heterocycles. The fourth-order valence-corrected chi connectivity index (χ4v) is 4.32. The van der Waals surface area contributed by atoms with Crippen LogP contribution in [0.3, 0.4) is 0 Å². The molecule has 7 heteroatoms. The van der Waals surface area contributed by atoms with Crippen LogP contribution < -0.4 is 10.2 Å². The maximum atomic E-state index is 9.53. The van der Waals surface area contributed by atoms with Gasteiger partial charge in [-0.05, 0) is 45.0 Å². The molecule has 1 fully saturated rings. The second-order valence-electron chi connectivity index (χ2n) is 8.18. The van der Waals surface area contributed by atoms with Crippen molar-refractivity contribution in [2.75, 3.05) is 18.0 Å². The zero-order valence-electron chi connectivity index (χ0n) is 17.3. The van der Waals surface area contributed by atoms with Gasteiger partial charge in [0.15, 0.2) is 11.5 Å². The molecule has 5 rings (SSSR count). The predicted molar refractivity (Wildman–Crippen MR) is 117 cm³/mol. The third-order valence-corrected chi connectivity index (χ3v) is 5.54. The fourth-order valence-electron chi connectivity index (χ4n) is 4.32. The summed E-state index contributed by atoms with van der Waals surface area (Å²) in [5.74, 6) is 0.601. The third-order valence-electron chi connectivity index (χ3n) is 5.54. The molecule has 1 aromatic carbocycles. The van der Waals surface area contributed by atoms with Crippen LogP contribution in [-0.4, -0.2) is 44.5 Å². The van der Waals surface area contributed by atoms with Crippen molar-refractivity contribution in [3.05, 3.63) is 54.1 Å². The summed E-state index contributed by atoms with van der Waals surface area (Å²) in [5.41, 5.74) is 4.92. The first-order valence-corrected chi connectivity index (χ1v) is 10.2. The van der Waals surface area contributed by atoms with Crippen molar-refractivity contribution in [2.24, 2.45) is 0 Å². The lowest BCUT2D eigenvalue weighted by Crippen LogP contribution is -2.54. The molecule has 0 radical (unpaired) electrons. The van der Waals surface area contributed by atoms with Crippen LogP contribution in [0.5, 0.6) is 0 Å². The number of pyridine rings is 1. The zero-order valence-corrected chi connectivity index (χ0v) is 17.3. The largest absolute Gasteiger partial charge is 0.368 e. The van der Waals surface area contributed by atoms with Crippen LogP contribution in [0.1, 0.15) is 25.1 Å². The summed E-state index contributed by atoms with van der Waals surface area (Å²) in [7, 11) is 0.